The van der Waals surface area contributed by atoms with Crippen molar-refractivity contribution in [1.29, 1.82) is 0 Å². The highest BCUT2D eigenvalue weighted by molar-refractivity contribution is 7.99. The van der Waals surface area contributed by atoms with Crippen LogP contribution in [0.2, 0.25) is 0 Å². The van der Waals surface area contributed by atoms with Crippen LogP contribution in [0.5, 0.6) is 0 Å². The van der Waals surface area contributed by atoms with Crippen molar-refractivity contribution in [3.63, 3.8) is 0 Å². The summed E-state index contributed by atoms with van der Waals surface area (Å²) >= 11 is 2.11. The number of ether oxygens (including phenoxy) is 1. The van der Waals surface area contributed by atoms with E-state index in [2.05, 4.69) is 24.0 Å². The van der Waals surface area contributed by atoms with Gasteiger partial charge in [-0.3, -0.25) is 0 Å². The summed E-state index contributed by atoms with van der Waals surface area (Å²) in [5, 5.41) is 3.67. The lowest BCUT2D eigenvalue weighted by molar-refractivity contribution is 0.189. The van der Waals surface area contributed by atoms with Crippen LogP contribution in [0, 0.1) is 5.92 Å². The molecule has 0 bridgehead atoms. The Morgan fingerprint density at radius 3 is 2.93 bits per heavy atom. The van der Waals surface area contributed by atoms with Crippen molar-refractivity contribution in [3.8, 4) is 0 Å². The number of hydrogen-bond donors (Lipinski definition) is 1. The molecular weight excluding hydrogens is 206 g/mol. The maximum atomic E-state index is 5.08. The average molecular weight is 231 g/mol. The fourth-order valence-corrected chi connectivity index (χ4v) is 3.57. The Bertz CT molecular complexity index is 155. The molecule has 1 saturated heterocycles. The van der Waals surface area contributed by atoms with Crippen LogP contribution in [0.1, 0.15) is 32.6 Å². The zero-order chi connectivity index (χ0) is 10.9. The molecule has 2 unspecified atom stereocenters. The zero-order valence-corrected chi connectivity index (χ0v) is 10.9. The van der Waals surface area contributed by atoms with Crippen LogP contribution in [0.15, 0.2) is 0 Å². The Morgan fingerprint density at radius 1 is 1.33 bits per heavy atom. The first kappa shape index (κ1) is 13.3. The van der Waals surface area contributed by atoms with E-state index in [1.165, 1.54) is 43.7 Å². The number of nitrogens with one attached hydrogen (secondary N) is 1. The van der Waals surface area contributed by atoms with Gasteiger partial charge in [-0.15, -0.1) is 0 Å². The van der Waals surface area contributed by atoms with E-state index in [0.29, 0.717) is 0 Å². The third-order valence-corrected chi connectivity index (χ3v) is 4.29. The van der Waals surface area contributed by atoms with Gasteiger partial charge in [0, 0.05) is 25.5 Å². The van der Waals surface area contributed by atoms with Gasteiger partial charge in [0.2, 0.25) is 0 Å². The van der Waals surface area contributed by atoms with Crippen molar-refractivity contribution in [2.45, 2.75) is 38.6 Å². The summed E-state index contributed by atoms with van der Waals surface area (Å²) in [4.78, 5) is 0. The third-order valence-electron chi connectivity index (χ3n) is 3.03. The maximum Gasteiger partial charge on any atom is 0.0462 e. The molecule has 1 N–H and O–H groups in total. The molecule has 15 heavy (non-hydrogen) atoms. The second-order valence-electron chi connectivity index (χ2n) is 4.35. The van der Waals surface area contributed by atoms with Crippen LogP contribution in [0.25, 0.3) is 0 Å². The van der Waals surface area contributed by atoms with Crippen molar-refractivity contribution < 1.29 is 4.74 Å². The van der Waals surface area contributed by atoms with Crippen LogP contribution in [-0.2, 0) is 4.74 Å². The minimum atomic E-state index is 0.775. The fourth-order valence-electron chi connectivity index (χ4n) is 2.09. The Kier molecular flexibility index (Phi) is 7.49. The number of hydrogen-bond acceptors (Lipinski definition) is 3. The van der Waals surface area contributed by atoms with E-state index in [1.807, 2.05) is 0 Å². The highest BCUT2D eigenvalue weighted by atomic mass is 32.2. The quantitative estimate of drug-likeness (QED) is 0.649. The van der Waals surface area contributed by atoms with E-state index >= 15 is 0 Å². The highest BCUT2D eigenvalue weighted by Gasteiger charge is 2.26. The minimum absolute atomic E-state index is 0.775. The third kappa shape index (κ3) is 5.23. The van der Waals surface area contributed by atoms with Gasteiger partial charge in [0.05, 0.1) is 0 Å². The molecule has 0 aromatic heterocycles. The summed E-state index contributed by atoms with van der Waals surface area (Å²) in [5.74, 6) is 3.57. The lowest BCUT2D eigenvalue weighted by Crippen LogP contribution is -2.35. The SMILES string of the molecule is CCCNC1CSCC1CCCCOC. The fraction of sp³-hybridized carbons (Fsp3) is 1.00. The van der Waals surface area contributed by atoms with Gasteiger partial charge in [0.1, 0.15) is 0 Å². The van der Waals surface area contributed by atoms with Crippen LogP contribution >= 0.6 is 11.8 Å². The predicted octanol–water partition coefficient (Wildman–Crippen LogP) is 2.53. The van der Waals surface area contributed by atoms with Crippen LogP contribution in [0.3, 0.4) is 0 Å². The normalized spacial score (nSPS) is 26.0. The molecule has 0 radical (unpaired) electrons. The highest BCUT2D eigenvalue weighted by Crippen LogP contribution is 2.28. The van der Waals surface area contributed by atoms with Gasteiger partial charge in [-0.2, -0.15) is 11.8 Å². The second-order valence-corrected chi connectivity index (χ2v) is 5.42. The van der Waals surface area contributed by atoms with E-state index in [1.54, 1.807) is 7.11 Å². The lowest BCUT2D eigenvalue weighted by Gasteiger charge is -2.19. The summed E-state index contributed by atoms with van der Waals surface area (Å²) in [6, 6.07) is 0.775. The molecule has 1 rings (SSSR count). The first-order valence-electron chi connectivity index (χ1n) is 6.18. The van der Waals surface area contributed by atoms with Gasteiger partial charge in [-0.1, -0.05) is 13.3 Å². The van der Waals surface area contributed by atoms with Gasteiger partial charge < -0.3 is 10.1 Å². The molecule has 90 valence electrons. The van der Waals surface area contributed by atoms with E-state index < -0.39 is 0 Å². The lowest BCUT2D eigenvalue weighted by atomic mass is 9.97. The van der Waals surface area contributed by atoms with Gasteiger partial charge in [-0.05, 0) is 37.5 Å². The summed E-state index contributed by atoms with van der Waals surface area (Å²) in [5.41, 5.74) is 0. The number of methoxy groups -OCH3 is 1. The molecule has 0 amide bonds. The Balaban J connectivity index is 2.09. The first-order chi connectivity index (χ1) is 7.38. The van der Waals surface area contributed by atoms with Crippen molar-refractivity contribution in [2.75, 3.05) is 31.8 Å². The molecule has 1 fully saturated rings. The molecule has 1 heterocycles. The Labute approximate surface area is 98.5 Å². The molecule has 0 aromatic carbocycles. The molecule has 0 aliphatic carbocycles. The predicted molar refractivity (Wildman–Crippen MR) is 68.6 cm³/mol. The molecule has 2 nitrogen and oxygen atoms in total. The minimum Gasteiger partial charge on any atom is -0.385 e. The van der Waals surface area contributed by atoms with Gasteiger partial charge in [-0.25, -0.2) is 0 Å². The van der Waals surface area contributed by atoms with E-state index in [-0.39, 0.29) is 0 Å². The number of unbranched alkanes of at least 4 members (excludes halogenated alkanes) is 1. The van der Waals surface area contributed by atoms with Crippen molar-refractivity contribution in [2.24, 2.45) is 5.92 Å². The molecule has 0 saturated carbocycles. The van der Waals surface area contributed by atoms with Crippen LogP contribution < -0.4 is 5.32 Å². The Hall–Kier alpha value is 0.270. The molecule has 0 aromatic rings. The summed E-state index contributed by atoms with van der Waals surface area (Å²) in [6.45, 7) is 4.34. The summed E-state index contributed by atoms with van der Waals surface area (Å²) < 4.78 is 5.08. The molecule has 2 atom stereocenters. The van der Waals surface area contributed by atoms with Crippen molar-refractivity contribution >= 4 is 11.8 Å². The van der Waals surface area contributed by atoms with E-state index in [0.717, 1.165) is 18.6 Å². The van der Waals surface area contributed by atoms with Gasteiger partial charge >= 0.3 is 0 Å². The molecule has 3 heteroatoms. The number of rotatable bonds is 8. The molecule has 1 aliphatic heterocycles. The average Bonchev–Trinajstić information content (AvgIpc) is 2.69. The van der Waals surface area contributed by atoms with Crippen LogP contribution in [-0.4, -0.2) is 37.8 Å². The maximum absolute atomic E-state index is 5.08. The van der Waals surface area contributed by atoms with Crippen molar-refractivity contribution in [1.82, 2.24) is 5.32 Å². The molecule has 1 aliphatic rings. The van der Waals surface area contributed by atoms with Gasteiger partial charge in [0.25, 0.3) is 0 Å². The summed E-state index contributed by atoms with van der Waals surface area (Å²) in [7, 11) is 1.79. The van der Waals surface area contributed by atoms with Crippen molar-refractivity contribution in [3.05, 3.63) is 0 Å². The second kappa shape index (κ2) is 8.43. The van der Waals surface area contributed by atoms with Crippen LogP contribution in [0.4, 0.5) is 0 Å². The molecular formula is C12H25NOS. The van der Waals surface area contributed by atoms with E-state index in [9.17, 15) is 0 Å². The largest absolute Gasteiger partial charge is 0.385 e. The topological polar surface area (TPSA) is 21.3 Å². The first-order valence-corrected chi connectivity index (χ1v) is 7.34. The zero-order valence-electron chi connectivity index (χ0n) is 10.1. The molecule has 0 spiro atoms. The summed E-state index contributed by atoms with van der Waals surface area (Å²) in [6.07, 6.45) is 5.16. The standard InChI is InChI=1S/C12H25NOS/c1-3-7-13-12-10-15-9-11(12)6-4-5-8-14-2/h11-13H,3-10H2,1-2H3. The van der Waals surface area contributed by atoms with E-state index in [4.69, 9.17) is 4.74 Å². The smallest absolute Gasteiger partial charge is 0.0462 e. The number of thioether (sulfide) groups is 1. The monoisotopic (exact) mass is 231 g/mol. The van der Waals surface area contributed by atoms with Gasteiger partial charge in [0.15, 0.2) is 0 Å². The Morgan fingerprint density at radius 2 is 2.20 bits per heavy atom.